The molecule has 0 saturated carbocycles. The first-order valence-electron chi connectivity index (χ1n) is 10.2. The Morgan fingerprint density at radius 3 is 2.17 bits per heavy atom. The van der Waals surface area contributed by atoms with Gasteiger partial charge in [-0.1, -0.05) is 50.2 Å². The quantitative estimate of drug-likeness (QED) is 0.570. The first-order valence-corrected chi connectivity index (χ1v) is 11.2. The summed E-state index contributed by atoms with van der Waals surface area (Å²) in [6, 6.07) is 15.9. The van der Waals surface area contributed by atoms with E-state index >= 15 is 0 Å². The molecule has 1 unspecified atom stereocenters. The first kappa shape index (κ1) is 23.0. The van der Waals surface area contributed by atoms with Crippen molar-refractivity contribution in [2.24, 2.45) is 5.92 Å². The minimum atomic E-state index is -0.129. The van der Waals surface area contributed by atoms with E-state index in [1.165, 1.54) is 17.3 Å². The Morgan fingerprint density at radius 1 is 0.897 bits per heavy atom. The highest BCUT2D eigenvalue weighted by atomic mass is 32.2. The lowest BCUT2D eigenvalue weighted by atomic mass is 10.00. The summed E-state index contributed by atoms with van der Waals surface area (Å²) in [4.78, 5) is 25.6. The van der Waals surface area contributed by atoms with Crippen LogP contribution in [0.2, 0.25) is 0 Å². The fraction of sp³-hybridized carbons (Fsp3) is 0.417. The minimum absolute atomic E-state index is 0.0323. The summed E-state index contributed by atoms with van der Waals surface area (Å²) in [7, 11) is 0. The number of carbonyl (C=O) groups is 2. The van der Waals surface area contributed by atoms with Crippen LogP contribution in [-0.2, 0) is 11.2 Å². The molecule has 0 radical (unpaired) electrons. The first-order chi connectivity index (χ1) is 13.8. The topological polar surface area (TPSA) is 58.2 Å². The van der Waals surface area contributed by atoms with Crippen LogP contribution in [-0.4, -0.2) is 23.6 Å². The third-order valence-electron chi connectivity index (χ3n) is 4.41. The van der Waals surface area contributed by atoms with Gasteiger partial charge in [-0.05, 0) is 56.4 Å². The zero-order valence-corrected chi connectivity index (χ0v) is 18.8. The Labute approximate surface area is 178 Å². The standard InChI is InChI=1S/C24H32N2O2S/c1-16(2)14-19-10-12-20(13-11-19)18(5)26-24(28)21-8-6-7-9-22(21)29-15-23(27)25-17(3)4/h6-13,16-18H,14-15H2,1-5H3,(H,25,27)(H,26,28). The van der Waals surface area contributed by atoms with E-state index in [-0.39, 0.29) is 29.7 Å². The van der Waals surface area contributed by atoms with Crippen molar-refractivity contribution in [1.29, 1.82) is 0 Å². The Bertz CT molecular complexity index is 816. The zero-order valence-electron chi connectivity index (χ0n) is 18.0. The van der Waals surface area contributed by atoms with Crippen LogP contribution in [0, 0.1) is 5.92 Å². The summed E-state index contributed by atoms with van der Waals surface area (Å²) in [5, 5.41) is 5.95. The summed E-state index contributed by atoms with van der Waals surface area (Å²) in [6.45, 7) is 10.3. The molecule has 0 saturated heterocycles. The van der Waals surface area contributed by atoms with Gasteiger partial charge in [0.2, 0.25) is 5.91 Å². The van der Waals surface area contributed by atoms with Crippen LogP contribution in [0.25, 0.3) is 0 Å². The van der Waals surface area contributed by atoms with Crippen LogP contribution in [0.1, 0.15) is 62.1 Å². The SMILES string of the molecule is CC(C)Cc1ccc(C(C)NC(=O)c2ccccc2SCC(=O)NC(C)C)cc1. The second-order valence-electron chi connectivity index (χ2n) is 8.04. The van der Waals surface area contributed by atoms with Crippen LogP contribution < -0.4 is 10.6 Å². The maximum atomic E-state index is 12.9. The van der Waals surface area contributed by atoms with Crippen LogP contribution in [0.5, 0.6) is 0 Å². The van der Waals surface area contributed by atoms with Gasteiger partial charge in [-0.3, -0.25) is 9.59 Å². The van der Waals surface area contributed by atoms with E-state index in [0.717, 1.165) is 16.9 Å². The highest BCUT2D eigenvalue weighted by Gasteiger charge is 2.16. The van der Waals surface area contributed by atoms with E-state index in [2.05, 4.69) is 48.7 Å². The monoisotopic (exact) mass is 412 g/mol. The molecule has 2 amide bonds. The van der Waals surface area contributed by atoms with Gasteiger partial charge in [0.15, 0.2) is 0 Å². The van der Waals surface area contributed by atoms with Crippen LogP contribution >= 0.6 is 11.8 Å². The average Bonchev–Trinajstić information content (AvgIpc) is 2.66. The van der Waals surface area contributed by atoms with E-state index in [4.69, 9.17) is 0 Å². The van der Waals surface area contributed by atoms with Crippen molar-refractivity contribution in [2.75, 3.05) is 5.75 Å². The third kappa shape index (κ3) is 7.58. The number of rotatable bonds is 9. The minimum Gasteiger partial charge on any atom is -0.353 e. The summed E-state index contributed by atoms with van der Waals surface area (Å²) in [6.07, 6.45) is 1.05. The van der Waals surface area contributed by atoms with E-state index in [1.54, 1.807) is 6.07 Å². The number of hydrogen-bond acceptors (Lipinski definition) is 3. The van der Waals surface area contributed by atoms with Crippen LogP contribution in [0.15, 0.2) is 53.4 Å². The molecule has 0 aliphatic carbocycles. The van der Waals surface area contributed by atoms with Crippen molar-refractivity contribution in [1.82, 2.24) is 10.6 Å². The number of amides is 2. The zero-order chi connectivity index (χ0) is 21.4. The van der Waals surface area contributed by atoms with Crippen molar-refractivity contribution in [2.45, 2.75) is 58.0 Å². The summed E-state index contributed by atoms with van der Waals surface area (Å²) in [5.74, 6) is 0.746. The molecule has 2 aromatic rings. The molecule has 1 atom stereocenters. The number of thioether (sulfide) groups is 1. The molecule has 2 aromatic carbocycles. The van der Waals surface area contributed by atoms with E-state index in [1.807, 2.05) is 39.0 Å². The molecule has 0 heterocycles. The number of carbonyl (C=O) groups excluding carboxylic acids is 2. The van der Waals surface area contributed by atoms with Crippen molar-refractivity contribution in [3.63, 3.8) is 0 Å². The molecule has 156 valence electrons. The second kappa shape index (κ2) is 11.1. The van der Waals surface area contributed by atoms with Crippen molar-refractivity contribution in [3.05, 3.63) is 65.2 Å². The molecule has 0 bridgehead atoms. The number of nitrogens with one attached hydrogen (secondary N) is 2. The second-order valence-corrected chi connectivity index (χ2v) is 9.06. The highest BCUT2D eigenvalue weighted by molar-refractivity contribution is 8.00. The molecule has 2 N–H and O–H groups in total. The van der Waals surface area contributed by atoms with Gasteiger partial charge in [0, 0.05) is 10.9 Å². The van der Waals surface area contributed by atoms with Crippen molar-refractivity contribution >= 4 is 23.6 Å². The fourth-order valence-corrected chi connectivity index (χ4v) is 3.92. The Kier molecular flexibility index (Phi) is 8.77. The molecule has 5 heteroatoms. The summed E-state index contributed by atoms with van der Waals surface area (Å²) < 4.78 is 0. The predicted molar refractivity (Wildman–Crippen MR) is 121 cm³/mol. The summed E-state index contributed by atoms with van der Waals surface area (Å²) in [5.41, 5.74) is 2.98. The normalized spacial score (nSPS) is 12.1. The number of benzene rings is 2. The number of hydrogen-bond donors (Lipinski definition) is 2. The van der Waals surface area contributed by atoms with Crippen molar-refractivity contribution < 1.29 is 9.59 Å². The molecule has 0 aliphatic rings. The molecule has 29 heavy (non-hydrogen) atoms. The van der Waals surface area contributed by atoms with Crippen LogP contribution in [0.3, 0.4) is 0 Å². The maximum Gasteiger partial charge on any atom is 0.252 e. The smallest absolute Gasteiger partial charge is 0.252 e. The average molecular weight is 413 g/mol. The Morgan fingerprint density at radius 2 is 1.55 bits per heavy atom. The van der Waals surface area contributed by atoms with E-state index < -0.39 is 0 Å². The van der Waals surface area contributed by atoms with Gasteiger partial charge in [-0.25, -0.2) is 0 Å². The largest absolute Gasteiger partial charge is 0.353 e. The molecule has 0 spiro atoms. The fourth-order valence-electron chi connectivity index (χ4n) is 3.06. The summed E-state index contributed by atoms with van der Waals surface area (Å²) >= 11 is 1.38. The third-order valence-corrected chi connectivity index (χ3v) is 5.48. The van der Waals surface area contributed by atoms with Gasteiger partial charge in [0.1, 0.15) is 0 Å². The molecule has 0 aliphatic heterocycles. The van der Waals surface area contributed by atoms with Gasteiger partial charge in [0.25, 0.3) is 5.91 Å². The Hall–Kier alpha value is -2.27. The predicted octanol–water partition coefficient (Wildman–Crippen LogP) is 4.99. The molecular formula is C24H32N2O2S. The van der Waals surface area contributed by atoms with Gasteiger partial charge in [-0.2, -0.15) is 0 Å². The molecule has 0 fully saturated rings. The van der Waals surface area contributed by atoms with Crippen LogP contribution in [0.4, 0.5) is 0 Å². The maximum absolute atomic E-state index is 12.9. The van der Waals surface area contributed by atoms with Gasteiger partial charge >= 0.3 is 0 Å². The molecule has 4 nitrogen and oxygen atoms in total. The van der Waals surface area contributed by atoms with Gasteiger partial charge in [-0.15, -0.1) is 11.8 Å². The lowest BCUT2D eigenvalue weighted by Gasteiger charge is -2.17. The van der Waals surface area contributed by atoms with E-state index in [0.29, 0.717) is 11.5 Å². The Balaban J connectivity index is 2.02. The highest BCUT2D eigenvalue weighted by Crippen LogP contribution is 2.24. The van der Waals surface area contributed by atoms with Crippen molar-refractivity contribution in [3.8, 4) is 0 Å². The van der Waals surface area contributed by atoms with Gasteiger partial charge < -0.3 is 10.6 Å². The molecule has 2 rings (SSSR count). The lowest BCUT2D eigenvalue weighted by molar-refractivity contribution is -0.119. The molecule has 0 aromatic heterocycles. The van der Waals surface area contributed by atoms with E-state index in [9.17, 15) is 9.59 Å². The van der Waals surface area contributed by atoms with Gasteiger partial charge in [0.05, 0.1) is 17.4 Å². The lowest BCUT2D eigenvalue weighted by Crippen LogP contribution is -2.31. The molecular weight excluding hydrogens is 380 g/mol.